The molecule has 1 aromatic rings. The van der Waals surface area contributed by atoms with Crippen LogP contribution in [0.2, 0.25) is 0 Å². The summed E-state index contributed by atoms with van der Waals surface area (Å²) in [5.41, 5.74) is 0.212. The minimum absolute atomic E-state index is 0.212. The highest BCUT2D eigenvalue weighted by Crippen LogP contribution is 2.18. The Morgan fingerprint density at radius 3 is 2.59 bits per heavy atom. The molecule has 0 heterocycles. The lowest BCUT2D eigenvalue weighted by Crippen LogP contribution is -2.04. The Hall–Kier alpha value is -1.55. The monoisotopic (exact) mass is 238 g/mol. The number of carboxylic acids is 1. The molecule has 0 radical (unpaired) electrons. The molecule has 17 heavy (non-hydrogen) atoms. The number of carbonyl (C=O) groups is 1. The summed E-state index contributed by atoms with van der Waals surface area (Å²) >= 11 is 0. The molecule has 0 aliphatic carbocycles. The van der Waals surface area contributed by atoms with E-state index in [2.05, 4.69) is 0 Å². The molecule has 0 saturated heterocycles. The normalized spacial score (nSPS) is 10.2. The topological polar surface area (TPSA) is 55.8 Å². The number of hydrogen-bond acceptors (Lipinski definition) is 3. The number of ether oxygens (including phenoxy) is 2. The van der Waals surface area contributed by atoms with Gasteiger partial charge in [-0.3, -0.25) is 0 Å². The lowest BCUT2D eigenvalue weighted by atomic mass is 10.2. The van der Waals surface area contributed by atoms with Crippen molar-refractivity contribution in [2.75, 3.05) is 20.3 Å². The third-order valence-electron chi connectivity index (χ3n) is 2.37. The van der Waals surface area contributed by atoms with Gasteiger partial charge in [0.2, 0.25) is 0 Å². The largest absolute Gasteiger partial charge is 0.493 e. The van der Waals surface area contributed by atoms with Gasteiger partial charge in [-0.25, -0.2) is 4.79 Å². The van der Waals surface area contributed by atoms with E-state index in [1.807, 2.05) is 0 Å². The van der Waals surface area contributed by atoms with Crippen LogP contribution in [0.15, 0.2) is 24.3 Å². The SMILES string of the molecule is COCCCCCOc1ccccc1C(=O)O. The Morgan fingerprint density at radius 1 is 1.18 bits per heavy atom. The first kappa shape index (κ1) is 13.5. The lowest BCUT2D eigenvalue weighted by molar-refractivity contribution is 0.0692. The highest BCUT2D eigenvalue weighted by Gasteiger charge is 2.09. The van der Waals surface area contributed by atoms with Crippen LogP contribution in [0.5, 0.6) is 5.75 Å². The third kappa shape index (κ3) is 4.87. The van der Waals surface area contributed by atoms with E-state index in [4.69, 9.17) is 14.6 Å². The molecular formula is C13H18O4. The van der Waals surface area contributed by atoms with Crippen molar-refractivity contribution in [1.29, 1.82) is 0 Å². The zero-order valence-corrected chi connectivity index (χ0v) is 10.0. The van der Waals surface area contributed by atoms with Crippen LogP contribution in [-0.4, -0.2) is 31.4 Å². The van der Waals surface area contributed by atoms with Gasteiger partial charge < -0.3 is 14.6 Å². The van der Waals surface area contributed by atoms with Gasteiger partial charge in [0.05, 0.1) is 6.61 Å². The molecule has 94 valence electrons. The van der Waals surface area contributed by atoms with Crippen LogP contribution in [-0.2, 0) is 4.74 Å². The van der Waals surface area contributed by atoms with Gasteiger partial charge in [0.25, 0.3) is 0 Å². The van der Waals surface area contributed by atoms with Crippen molar-refractivity contribution in [3.63, 3.8) is 0 Å². The van der Waals surface area contributed by atoms with E-state index in [1.54, 1.807) is 31.4 Å². The van der Waals surface area contributed by atoms with Crippen LogP contribution >= 0.6 is 0 Å². The number of aromatic carboxylic acids is 1. The fraction of sp³-hybridized carbons (Fsp3) is 0.462. The minimum atomic E-state index is -0.958. The molecule has 0 unspecified atom stereocenters. The van der Waals surface area contributed by atoms with Crippen molar-refractivity contribution in [3.05, 3.63) is 29.8 Å². The zero-order chi connectivity index (χ0) is 12.5. The maximum Gasteiger partial charge on any atom is 0.339 e. The summed E-state index contributed by atoms with van der Waals surface area (Å²) in [5, 5.41) is 8.94. The molecule has 0 atom stereocenters. The van der Waals surface area contributed by atoms with Crippen LogP contribution < -0.4 is 4.74 Å². The standard InChI is InChI=1S/C13H18O4/c1-16-9-5-2-6-10-17-12-8-4-3-7-11(12)13(14)15/h3-4,7-8H,2,5-6,9-10H2,1H3,(H,14,15). The summed E-state index contributed by atoms with van der Waals surface area (Å²) in [6, 6.07) is 6.68. The molecule has 1 aromatic carbocycles. The van der Waals surface area contributed by atoms with Crippen LogP contribution in [0.4, 0.5) is 0 Å². The van der Waals surface area contributed by atoms with Crippen molar-refractivity contribution in [1.82, 2.24) is 0 Å². The first-order chi connectivity index (χ1) is 8.25. The van der Waals surface area contributed by atoms with Crippen molar-refractivity contribution in [2.24, 2.45) is 0 Å². The molecule has 0 saturated carbocycles. The molecule has 0 bridgehead atoms. The molecule has 0 amide bonds. The molecule has 0 spiro atoms. The average molecular weight is 238 g/mol. The smallest absolute Gasteiger partial charge is 0.339 e. The lowest BCUT2D eigenvalue weighted by Gasteiger charge is -2.08. The van der Waals surface area contributed by atoms with Crippen LogP contribution in [0.3, 0.4) is 0 Å². The van der Waals surface area contributed by atoms with Crippen molar-refractivity contribution in [3.8, 4) is 5.75 Å². The Balaban J connectivity index is 2.34. The molecule has 0 aromatic heterocycles. The van der Waals surface area contributed by atoms with Crippen LogP contribution in [0.1, 0.15) is 29.6 Å². The van der Waals surface area contributed by atoms with E-state index in [9.17, 15) is 4.79 Å². The van der Waals surface area contributed by atoms with Gasteiger partial charge in [0.15, 0.2) is 0 Å². The Bertz CT molecular complexity index is 349. The maximum atomic E-state index is 10.9. The van der Waals surface area contributed by atoms with Gasteiger partial charge in [-0.15, -0.1) is 0 Å². The molecule has 1 rings (SSSR count). The molecule has 4 heteroatoms. The van der Waals surface area contributed by atoms with Gasteiger partial charge >= 0.3 is 5.97 Å². The number of carboxylic acid groups (broad SMARTS) is 1. The van der Waals surface area contributed by atoms with Gasteiger partial charge in [-0.05, 0) is 31.4 Å². The second-order valence-corrected chi connectivity index (χ2v) is 3.70. The highest BCUT2D eigenvalue weighted by molar-refractivity contribution is 5.90. The molecule has 0 aliphatic heterocycles. The molecular weight excluding hydrogens is 220 g/mol. The first-order valence-electron chi connectivity index (χ1n) is 5.69. The van der Waals surface area contributed by atoms with Crippen molar-refractivity contribution >= 4 is 5.97 Å². The van der Waals surface area contributed by atoms with E-state index in [0.29, 0.717) is 12.4 Å². The number of rotatable bonds is 8. The highest BCUT2D eigenvalue weighted by atomic mass is 16.5. The molecule has 0 fully saturated rings. The molecule has 0 aliphatic rings. The van der Waals surface area contributed by atoms with Gasteiger partial charge in [0, 0.05) is 13.7 Å². The molecule has 1 N–H and O–H groups in total. The Kier molecular flexibility index (Phi) is 6.10. The second-order valence-electron chi connectivity index (χ2n) is 3.70. The summed E-state index contributed by atoms with van der Waals surface area (Å²) in [4.78, 5) is 10.9. The fourth-order valence-electron chi connectivity index (χ4n) is 1.48. The summed E-state index contributed by atoms with van der Waals surface area (Å²) in [6.07, 6.45) is 2.92. The van der Waals surface area contributed by atoms with Gasteiger partial charge in [-0.2, -0.15) is 0 Å². The van der Waals surface area contributed by atoms with E-state index < -0.39 is 5.97 Å². The zero-order valence-electron chi connectivity index (χ0n) is 10.0. The third-order valence-corrected chi connectivity index (χ3v) is 2.37. The predicted molar refractivity (Wildman–Crippen MR) is 64.6 cm³/mol. The number of methoxy groups -OCH3 is 1. The van der Waals surface area contributed by atoms with Crippen LogP contribution in [0, 0.1) is 0 Å². The minimum Gasteiger partial charge on any atom is -0.493 e. The quantitative estimate of drug-likeness (QED) is 0.707. The summed E-state index contributed by atoms with van der Waals surface area (Å²) in [6.45, 7) is 1.29. The number of benzene rings is 1. The van der Waals surface area contributed by atoms with Crippen molar-refractivity contribution in [2.45, 2.75) is 19.3 Å². The first-order valence-corrected chi connectivity index (χ1v) is 5.69. The number of hydrogen-bond donors (Lipinski definition) is 1. The second kappa shape index (κ2) is 7.68. The Labute approximate surface area is 101 Å². The molecule has 4 nitrogen and oxygen atoms in total. The van der Waals surface area contributed by atoms with Gasteiger partial charge in [0.1, 0.15) is 11.3 Å². The Morgan fingerprint density at radius 2 is 1.88 bits per heavy atom. The maximum absolute atomic E-state index is 10.9. The fourth-order valence-corrected chi connectivity index (χ4v) is 1.48. The summed E-state index contributed by atoms with van der Waals surface area (Å²) in [5.74, 6) is -0.522. The number of unbranched alkanes of at least 4 members (excludes halogenated alkanes) is 2. The van der Waals surface area contributed by atoms with E-state index >= 15 is 0 Å². The van der Waals surface area contributed by atoms with Crippen LogP contribution in [0.25, 0.3) is 0 Å². The van der Waals surface area contributed by atoms with E-state index in [1.165, 1.54) is 0 Å². The summed E-state index contributed by atoms with van der Waals surface area (Å²) < 4.78 is 10.4. The van der Waals surface area contributed by atoms with Crippen molar-refractivity contribution < 1.29 is 19.4 Å². The van der Waals surface area contributed by atoms with Gasteiger partial charge in [-0.1, -0.05) is 12.1 Å². The number of para-hydroxylation sites is 1. The summed E-state index contributed by atoms with van der Waals surface area (Å²) in [7, 11) is 1.68. The average Bonchev–Trinajstić information content (AvgIpc) is 2.34. The van der Waals surface area contributed by atoms with E-state index in [-0.39, 0.29) is 5.56 Å². The predicted octanol–water partition coefficient (Wildman–Crippen LogP) is 2.58. The van der Waals surface area contributed by atoms with E-state index in [0.717, 1.165) is 25.9 Å².